The molecule has 1 aromatic carbocycles. The molecule has 1 aliphatic rings. The third-order valence-electron chi connectivity index (χ3n) is 5.35. The molecule has 1 saturated heterocycles. The Hall–Kier alpha value is -1.69. The summed E-state index contributed by atoms with van der Waals surface area (Å²) in [5, 5.41) is 9.18. The summed E-state index contributed by atoms with van der Waals surface area (Å²) >= 11 is 0. The number of aliphatic hydroxyl groups is 1. The molecule has 0 radical (unpaired) electrons. The Labute approximate surface area is 155 Å². The van der Waals surface area contributed by atoms with Crippen LogP contribution < -0.4 is 0 Å². The van der Waals surface area contributed by atoms with Crippen molar-refractivity contribution in [3.05, 3.63) is 48.0 Å². The van der Waals surface area contributed by atoms with Crippen molar-refractivity contribution in [1.82, 2.24) is 9.80 Å². The molecule has 1 aliphatic heterocycles. The van der Waals surface area contributed by atoms with E-state index < -0.39 is 0 Å². The van der Waals surface area contributed by atoms with Crippen molar-refractivity contribution in [3.8, 4) is 11.3 Å². The van der Waals surface area contributed by atoms with E-state index in [1.807, 2.05) is 18.2 Å². The van der Waals surface area contributed by atoms with Crippen molar-refractivity contribution in [2.45, 2.75) is 31.8 Å². The van der Waals surface area contributed by atoms with Gasteiger partial charge in [-0.25, -0.2) is 4.39 Å². The van der Waals surface area contributed by atoms with Crippen LogP contribution in [0.15, 0.2) is 40.8 Å². The molecule has 1 fully saturated rings. The van der Waals surface area contributed by atoms with Crippen molar-refractivity contribution >= 4 is 0 Å². The van der Waals surface area contributed by atoms with Gasteiger partial charge in [0.2, 0.25) is 0 Å². The standard InChI is InChI=1S/C21H29FN2O2/c1-23(2)20-11-12-24(14-16(20)6-5-13-25)15-17-9-10-21(26-17)18-7-3-4-8-19(18)22/h3-4,7-10,16,20,25H,5-6,11-15H2,1-2H3/t16-,20+/m1/s1. The van der Waals surface area contributed by atoms with Gasteiger partial charge in [-0.05, 0) is 63.5 Å². The lowest BCUT2D eigenvalue weighted by molar-refractivity contribution is 0.0681. The van der Waals surface area contributed by atoms with E-state index in [-0.39, 0.29) is 12.4 Å². The zero-order valence-corrected chi connectivity index (χ0v) is 15.7. The minimum absolute atomic E-state index is 0.251. The van der Waals surface area contributed by atoms with Gasteiger partial charge in [0.15, 0.2) is 0 Å². The first-order valence-electron chi connectivity index (χ1n) is 9.41. The monoisotopic (exact) mass is 360 g/mol. The predicted molar refractivity (Wildman–Crippen MR) is 101 cm³/mol. The summed E-state index contributed by atoms with van der Waals surface area (Å²) in [6.45, 7) is 3.01. The number of furan rings is 1. The maximum Gasteiger partial charge on any atom is 0.137 e. The molecule has 0 unspecified atom stereocenters. The van der Waals surface area contributed by atoms with Gasteiger partial charge in [0, 0.05) is 25.7 Å². The second kappa shape index (κ2) is 8.80. The van der Waals surface area contributed by atoms with Gasteiger partial charge in [0.1, 0.15) is 17.3 Å². The third-order valence-corrected chi connectivity index (χ3v) is 5.35. The topological polar surface area (TPSA) is 39.9 Å². The number of benzene rings is 1. The normalized spacial score (nSPS) is 21.4. The Kier molecular flexibility index (Phi) is 6.46. The molecule has 2 aromatic rings. The molecule has 5 heteroatoms. The molecule has 0 saturated carbocycles. The average molecular weight is 360 g/mol. The van der Waals surface area contributed by atoms with Crippen molar-refractivity contribution in [3.63, 3.8) is 0 Å². The zero-order valence-electron chi connectivity index (χ0n) is 15.7. The fourth-order valence-corrected chi connectivity index (χ4v) is 4.04. The van der Waals surface area contributed by atoms with E-state index in [4.69, 9.17) is 4.42 Å². The van der Waals surface area contributed by atoms with E-state index in [0.717, 1.165) is 44.7 Å². The van der Waals surface area contributed by atoms with Gasteiger partial charge in [-0.3, -0.25) is 4.90 Å². The minimum atomic E-state index is -0.260. The van der Waals surface area contributed by atoms with Crippen LogP contribution in [0.1, 0.15) is 25.0 Å². The Morgan fingerprint density at radius 2 is 2.04 bits per heavy atom. The maximum atomic E-state index is 13.9. The van der Waals surface area contributed by atoms with Crippen LogP contribution in [-0.4, -0.2) is 54.7 Å². The van der Waals surface area contributed by atoms with Crippen LogP contribution in [-0.2, 0) is 6.54 Å². The minimum Gasteiger partial charge on any atom is -0.460 e. The highest BCUT2D eigenvalue weighted by Crippen LogP contribution is 2.28. The van der Waals surface area contributed by atoms with E-state index in [9.17, 15) is 9.50 Å². The molecule has 0 aliphatic carbocycles. The van der Waals surface area contributed by atoms with Crippen molar-refractivity contribution < 1.29 is 13.9 Å². The second-order valence-electron chi connectivity index (χ2n) is 7.43. The second-order valence-corrected chi connectivity index (χ2v) is 7.43. The SMILES string of the molecule is CN(C)[C@H]1CCN(Cc2ccc(-c3ccccc3F)o2)C[C@H]1CCCO. The van der Waals surface area contributed by atoms with Crippen LogP contribution in [0.2, 0.25) is 0 Å². The van der Waals surface area contributed by atoms with Gasteiger partial charge in [0.05, 0.1) is 12.1 Å². The van der Waals surface area contributed by atoms with E-state index in [2.05, 4.69) is 23.9 Å². The van der Waals surface area contributed by atoms with Crippen LogP contribution in [0, 0.1) is 11.7 Å². The first-order chi connectivity index (χ1) is 12.6. The van der Waals surface area contributed by atoms with Gasteiger partial charge in [-0.1, -0.05) is 12.1 Å². The van der Waals surface area contributed by atoms with Gasteiger partial charge in [0.25, 0.3) is 0 Å². The summed E-state index contributed by atoms with van der Waals surface area (Å²) in [5.41, 5.74) is 0.505. The van der Waals surface area contributed by atoms with Crippen LogP contribution in [0.25, 0.3) is 11.3 Å². The fourth-order valence-electron chi connectivity index (χ4n) is 4.04. The highest BCUT2D eigenvalue weighted by molar-refractivity contribution is 5.58. The van der Waals surface area contributed by atoms with Gasteiger partial charge in [-0.15, -0.1) is 0 Å². The molecule has 1 N–H and O–H groups in total. The summed E-state index contributed by atoms with van der Waals surface area (Å²) < 4.78 is 19.8. The first kappa shape index (κ1) is 19.1. The first-order valence-corrected chi connectivity index (χ1v) is 9.41. The van der Waals surface area contributed by atoms with Crippen LogP contribution in [0.3, 0.4) is 0 Å². The molecule has 3 rings (SSSR count). The van der Waals surface area contributed by atoms with Crippen LogP contribution >= 0.6 is 0 Å². The van der Waals surface area contributed by atoms with E-state index >= 15 is 0 Å². The van der Waals surface area contributed by atoms with Gasteiger partial charge < -0.3 is 14.4 Å². The summed E-state index contributed by atoms with van der Waals surface area (Å²) in [6, 6.07) is 11.1. The Bertz CT molecular complexity index is 701. The van der Waals surface area contributed by atoms with Gasteiger partial charge >= 0.3 is 0 Å². The third kappa shape index (κ3) is 4.53. The number of hydrogen-bond acceptors (Lipinski definition) is 4. The Morgan fingerprint density at radius 1 is 1.23 bits per heavy atom. The number of rotatable bonds is 7. The van der Waals surface area contributed by atoms with E-state index in [0.29, 0.717) is 23.3 Å². The molecular formula is C21H29FN2O2. The number of nitrogens with zero attached hydrogens (tertiary/aromatic N) is 2. The van der Waals surface area contributed by atoms with Gasteiger partial charge in [-0.2, -0.15) is 0 Å². The number of hydrogen-bond donors (Lipinski definition) is 1. The lowest BCUT2D eigenvalue weighted by atomic mass is 9.87. The molecule has 0 amide bonds. The highest BCUT2D eigenvalue weighted by Gasteiger charge is 2.30. The van der Waals surface area contributed by atoms with Crippen LogP contribution in [0.5, 0.6) is 0 Å². The predicted octanol–water partition coefficient (Wildman–Crippen LogP) is 3.61. The maximum absolute atomic E-state index is 13.9. The van der Waals surface area contributed by atoms with Crippen LogP contribution in [0.4, 0.5) is 4.39 Å². The zero-order chi connectivity index (χ0) is 18.5. The summed E-state index contributed by atoms with van der Waals surface area (Å²) in [7, 11) is 4.28. The number of aliphatic hydroxyl groups excluding tert-OH is 1. The van der Waals surface area contributed by atoms with E-state index in [1.165, 1.54) is 6.07 Å². The molecule has 2 heterocycles. The molecule has 2 atom stereocenters. The molecular weight excluding hydrogens is 331 g/mol. The number of halogens is 1. The lowest BCUT2D eigenvalue weighted by Crippen LogP contribution is -2.48. The highest BCUT2D eigenvalue weighted by atomic mass is 19.1. The Morgan fingerprint density at radius 3 is 2.77 bits per heavy atom. The average Bonchev–Trinajstić information content (AvgIpc) is 3.08. The van der Waals surface area contributed by atoms with Crippen molar-refractivity contribution in [2.24, 2.45) is 5.92 Å². The number of likely N-dealkylation sites (tertiary alicyclic amines) is 1. The molecule has 0 bridgehead atoms. The number of piperidine rings is 1. The Balaban J connectivity index is 1.65. The quantitative estimate of drug-likeness (QED) is 0.819. The van der Waals surface area contributed by atoms with E-state index in [1.54, 1.807) is 12.1 Å². The lowest BCUT2D eigenvalue weighted by Gasteiger charge is -2.41. The summed E-state index contributed by atoms with van der Waals surface area (Å²) in [6.07, 6.45) is 3.00. The summed E-state index contributed by atoms with van der Waals surface area (Å²) in [4.78, 5) is 4.72. The molecule has 0 spiro atoms. The molecule has 1 aromatic heterocycles. The van der Waals surface area contributed by atoms with Crippen molar-refractivity contribution in [1.29, 1.82) is 0 Å². The molecule has 142 valence electrons. The smallest absolute Gasteiger partial charge is 0.137 e. The fraction of sp³-hybridized carbons (Fsp3) is 0.524. The van der Waals surface area contributed by atoms with Crippen molar-refractivity contribution in [2.75, 3.05) is 33.8 Å². The molecule has 26 heavy (non-hydrogen) atoms. The summed E-state index contributed by atoms with van der Waals surface area (Å²) in [5.74, 6) is 1.74. The molecule has 4 nitrogen and oxygen atoms in total. The largest absolute Gasteiger partial charge is 0.460 e.